The monoisotopic (exact) mass is 564 g/mol. The SMILES string of the molecule is CN=C(NCC1CCCOC1c1ccc(C)cc1)N1CCN(c2cccc(OC)c2)CC1.I. The summed E-state index contributed by atoms with van der Waals surface area (Å²) in [5, 5.41) is 3.65. The lowest BCUT2D eigenvalue weighted by Crippen LogP contribution is -2.53. The van der Waals surface area contributed by atoms with Crippen LogP contribution in [0.3, 0.4) is 0 Å². The molecule has 0 spiro atoms. The summed E-state index contributed by atoms with van der Waals surface area (Å²) < 4.78 is 11.6. The molecule has 2 aromatic carbocycles. The van der Waals surface area contributed by atoms with Crippen LogP contribution in [0.4, 0.5) is 5.69 Å². The maximum atomic E-state index is 6.20. The highest BCUT2D eigenvalue weighted by Gasteiger charge is 2.28. The van der Waals surface area contributed by atoms with Crippen molar-refractivity contribution in [3.8, 4) is 5.75 Å². The van der Waals surface area contributed by atoms with E-state index in [2.05, 4.69) is 69.5 Å². The van der Waals surface area contributed by atoms with Gasteiger partial charge in [0.25, 0.3) is 0 Å². The quantitative estimate of drug-likeness (QED) is 0.330. The molecule has 2 atom stereocenters. The van der Waals surface area contributed by atoms with Crippen LogP contribution < -0.4 is 15.0 Å². The third-order valence-electron chi connectivity index (χ3n) is 6.58. The number of nitrogens with zero attached hydrogens (tertiary/aromatic N) is 3. The number of aryl methyl sites for hydroxylation is 1. The van der Waals surface area contributed by atoms with Crippen molar-refractivity contribution in [2.45, 2.75) is 25.9 Å². The summed E-state index contributed by atoms with van der Waals surface area (Å²) in [5.41, 5.74) is 3.78. The predicted octanol–water partition coefficient (Wildman–Crippen LogP) is 4.49. The first-order valence-corrected chi connectivity index (χ1v) is 11.7. The molecule has 2 unspecified atom stereocenters. The lowest BCUT2D eigenvalue weighted by atomic mass is 9.89. The molecule has 2 aromatic rings. The normalized spacial score (nSPS) is 21.4. The highest BCUT2D eigenvalue weighted by molar-refractivity contribution is 14.0. The van der Waals surface area contributed by atoms with Crippen molar-refractivity contribution >= 4 is 35.6 Å². The molecule has 4 rings (SSSR count). The first kappa shape index (κ1) is 25.6. The van der Waals surface area contributed by atoms with E-state index in [1.165, 1.54) is 23.2 Å². The molecular weight excluding hydrogens is 527 g/mol. The summed E-state index contributed by atoms with van der Waals surface area (Å²) in [6.07, 6.45) is 2.44. The van der Waals surface area contributed by atoms with Gasteiger partial charge in [0.15, 0.2) is 5.96 Å². The number of guanidine groups is 1. The summed E-state index contributed by atoms with van der Waals surface area (Å²) in [6, 6.07) is 17.1. The molecule has 2 aliphatic heterocycles. The van der Waals surface area contributed by atoms with Crippen LogP contribution in [-0.4, -0.2) is 64.3 Å². The topological polar surface area (TPSA) is 49.3 Å². The van der Waals surface area contributed by atoms with Gasteiger partial charge in [-0.2, -0.15) is 0 Å². The molecule has 1 N–H and O–H groups in total. The molecule has 2 fully saturated rings. The number of rotatable bonds is 5. The van der Waals surface area contributed by atoms with Gasteiger partial charge in [0.2, 0.25) is 0 Å². The molecule has 7 heteroatoms. The minimum absolute atomic E-state index is 0. The Morgan fingerprint density at radius 2 is 1.88 bits per heavy atom. The van der Waals surface area contributed by atoms with Gasteiger partial charge < -0.3 is 24.6 Å². The van der Waals surface area contributed by atoms with Gasteiger partial charge in [-0.3, -0.25) is 4.99 Å². The third kappa shape index (κ3) is 6.53. The second-order valence-corrected chi connectivity index (χ2v) is 8.71. The van der Waals surface area contributed by atoms with Crippen molar-refractivity contribution in [1.29, 1.82) is 0 Å². The minimum atomic E-state index is 0. The fourth-order valence-electron chi connectivity index (χ4n) is 4.72. The number of nitrogens with one attached hydrogen (secondary N) is 1. The lowest BCUT2D eigenvalue weighted by molar-refractivity contribution is -0.0266. The maximum Gasteiger partial charge on any atom is 0.193 e. The number of benzene rings is 2. The van der Waals surface area contributed by atoms with Crippen LogP contribution in [0.1, 0.15) is 30.1 Å². The number of ether oxygens (including phenoxy) is 2. The number of hydrogen-bond donors (Lipinski definition) is 1. The van der Waals surface area contributed by atoms with Crippen molar-refractivity contribution in [3.05, 3.63) is 59.7 Å². The molecule has 180 valence electrons. The Bertz CT molecular complexity index is 897. The minimum Gasteiger partial charge on any atom is -0.497 e. The molecule has 0 radical (unpaired) electrons. The van der Waals surface area contributed by atoms with Gasteiger partial charge in [0.05, 0.1) is 13.2 Å². The smallest absolute Gasteiger partial charge is 0.193 e. The van der Waals surface area contributed by atoms with E-state index in [0.29, 0.717) is 5.92 Å². The fourth-order valence-corrected chi connectivity index (χ4v) is 4.72. The number of aliphatic imine (C=N–C) groups is 1. The van der Waals surface area contributed by atoms with Crippen LogP contribution in [0, 0.1) is 12.8 Å². The third-order valence-corrected chi connectivity index (χ3v) is 6.58. The fraction of sp³-hybridized carbons (Fsp3) is 0.500. The standard InChI is InChI=1S/C26H36N4O2.HI/c1-20-9-11-21(12-10-20)25-22(6-5-17-32-25)19-28-26(27-2)30-15-13-29(14-16-30)23-7-4-8-24(18-23)31-3;/h4,7-12,18,22,25H,5-6,13-17,19H2,1-3H3,(H,27,28);1H. The Kier molecular flexibility index (Phi) is 9.67. The Balaban J connectivity index is 0.00000306. The van der Waals surface area contributed by atoms with Crippen LogP contribution in [-0.2, 0) is 4.74 Å². The summed E-state index contributed by atoms with van der Waals surface area (Å²) in [6.45, 7) is 7.66. The molecular formula is C26H37IN4O2. The van der Waals surface area contributed by atoms with Crippen molar-refractivity contribution in [3.63, 3.8) is 0 Å². The van der Waals surface area contributed by atoms with Gasteiger partial charge in [0.1, 0.15) is 5.75 Å². The molecule has 2 heterocycles. The van der Waals surface area contributed by atoms with E-state index in [-0.39, 0.29) is 30.1 Å². The highest BCUT2D eigenvalue weighted by Crippen LogP contribution is 2.33. The van der Waals surface area contributed by atoms with Crippen molar-refractivity contribution < 1.29 is 9.47 Å². The Labute approximate surface area is 215 Å². The molecule has 2 aliphatic rings. The summed E-state index contributed by atoms with van der Waals surface area (Å²) in [7, 11) is 3.60. The molecule has 0 amide bonds. The zero-order valence-corrected chi connectivity index (χ0v) is 22.3. The molecule has 0 aliphatic carbocycles. The van der Waals surface area contributed by atoms with Crippen LogP contribution >= 0.6 is 24.0 Å². The largest absolute Gasteiger partial charge is 0.497 e. The van der Waals surface area contributed by atoms with E-state index in [1.54, 1.807) is 7.11 Å². The van der Waals surface area contributed by atoms with Gasteiger partial charge in [-0.15, -0.1) is 24.0 Å². The zero-order valence-electron chi connectivity index (χ0n) is 20.0. The van der Waals surface area contributed by atoms with Crippen molar-refractivity contribution in [1.82, 2.24) is 10.2 Å². The molecule has 0 saturated carbocycles. The van der Waals surface area contributed by atoms with Crippen LogP contribution in [0.15, 0.2) is 53.5 Å². The molecule has 2 saturated heterocycles. The van der Waals surface area contributed by atoms with Gasteiger partial charge >= 0.3 is 0 Å². The summed E-state index contributed by atoms with van der Waals surface area (Å²) in [5.74, 6) is 2.34. The predicted molar refractivity (Wildman–Crippen MR) is 146 cm³/mol. The first-order chi connectivity index (χ1) is 15.7. The number of methoxy groups -OCH3 is 1. The van der Waals surface area contributed by atoms with Crippen molar-refractivity contribution in [2.24, 2.45) is 10.9 Å². The van der Waals surface area contributed by atoms with Crippen LogP contribution in [0.2, 0.25) is 0 Å². The lowest BCUT2D eigenvalue weighted by Gasteiger charge is -2.39. The second kappa shape index (κ2) is 12.5. The Hall–Kier alpha value is -2.00. The van der Waals surface area contributed by atoms with E-state index in [9.17, 15) is 0 Å². The second-order valence-electron chi connectivity index (χ2n) is 8.71. The van der Waals surface area contributed by atoms with E-state index < -0.39 is 0 Å². The number of hydrogen-bond acceptors (Lipinski definition) is 4. The van der Waals surface area contributed by atoms with E-state index in [1.807, 2.05) is 13.1 Å². The highest BCUT2D eigenvalue weighted by atomic mass is 127. The summed E-state index contributed by atoms with van der Waals surface area (Å²) in [4.78, 5) is 9.36. The van der Waals surface area contributed by atoms with E-state index >= 15 is 0 Å². The van der Waals surface area contributed by atoms with E-state index in [4.69, 9.17) is 9.47 Å². The Morgan fingerprint density at radius 1 is 1.12 bits per heavy atom. The van der Waals surface area contributed by atoms with Gasteiger partial charge in [-0.05, 0) is 37.5 Å². The van der Waals surface area contributed by atoms with Gasteiger partial charge in [-0.25, -0.2) is 0 Å². The first-order valence-electron chi connectivity index (χ1n) is 11.7. The number of piperazine rings is 1. The van der Waals surface area contributed by atoms with Crippen molar-refractivity contribution in [2.75, 3.05) is 58.4 Å². The van der Waals surface area contributed by atoms with Gasteiger partial charge in [-0.1, -0.05) is 35.9 Å². The van der Waals surface area contributed by atoms with E-state index in [0.717, 1.165) is 57.5 Å². The zero-order chi connectivity index (χ0) is 22.3. The average Bonchev–Trinajstić information content (AvgIpc) is 2.85. The Morgan fingerprint density at radius 3 is 2.58 bits per heavy atom. The molecule has 0 bridgehead atoms. The van der Waals surface area contributed by atoms with Crippen LogP contribution in [0.25, 0.3) is 0 Å². The molecule has 33 heavy (non-hydrogen) atoms. The summed E-state index contributed by atoms with van der Waals surface area (Å²) >= 11 is 0. The molecule has 0 aromatic heterocycles. The average molecular weight is 565 g/mol. The van der Waals surface area contributed by atoms with Gasteiger partial charge in [0, 0.05) is 64.0 Å². The molecule has 6 nitrogen and oxygen atoms in total. The maximum absolute atomic E-state index is 6.20. The number of anilines is 1. The van der Waals surface area contributed by atoms with Crippen LogP contribution in [0.5, 0.6) is 5.75 Å². The number of halogens is 1.